The predicted octanol–water partition coefficient (Wildman–Crippen LogP) is 4.03. The third-order valence-corrected chi connectivity index (χ3v) is 6.55. The average molecular weight is 431 g/mol. The van der Waals surface area contributed by atoms with Gasteiger partial charge in [-0.25, -0.2) is 9.97 Å². The molecule has 1 aliphatic heterocycles. The van der Waals surface area contributed by atoms with Crippen molar-refractivity contribution >= 4 is 49.2 Å². The van der Waals surface area contributed by atoms with Gasteiger partial charge in [0.15, 0.2) is 0 Å². The van der Waals surface area contributed by atoms with Crippen LogP contribution >= 0.6 is 27.3 Å². The Bertz CT molecular complexity index is 962. The second kappa shape index (κ2) is 6.96. The van der Waals surface area contributed by atoms with Crippen LogP contribution in [-0.2, 0) is 0 Å². The molecule has 1 amide bonds. The van der Waals surface area contributed by atoms with E-state index in [2.05, 4.69) is 44.6 Å². The quantitative estimate of drug-likeness (QED) is 0.615. The summed E-state index contributed by atoms with van der Waals surface area (Å²) in [6, 6.07) is 7.54. The van der Waals surface area contributed by atoms with Crippen LogP contribution in [0.5, 0.6) is 0 Å². The van der Waals surface area contributed by atoms with Crippen molar-refractivity contribution in [3.63, 3.8) is 0 Å². The molecule has 0 N–H and O–H groups in total. The first-order chi connectivity index (χ1) is 12.5. The van der Waals surface area contributed by atoms with Crippen molar-refractivity contribution in [3.05, 3.63) is 51.1 Å². The summed E-state index contributed by atoms with van der Waals surface area (Å²) in [5.74, 6) is 1.08. The summed E-state index contributed by atoms with van der Waals surface area (Å²) in [5, 5.41) is 1.16. The highest BCUT2D eigenvalue weighted by molar-refractivity contribution is 9.10. The fourth-order valence-electron chi connectivity index (χ4n) is 3.30. The minimum Gasteiger partial charge on any atom is -0.352 e. The van der Waals surface area contributed by atoms with Crippen LogP contribution in [0.15, 0.2) is 35.1 Å². The molecule has 4 rings (SSSR count). The van der Waals surface area contributed by atoms with Crippen LogP contribution in [0.25, 0.3) is 10.2 Å². The zero-order valence-electron chi connectivity index (χ0n) is 14.7. The van der Waals surface area contributed by atoms with Crippen molar-refractivity contribution in [3.8, 4) is 0 Å². The lowest BCUT2D eigenvalue weighted by Crippen LogP contribution is -2.49. The van der Waals surface area contributed by atoms with Crippen molar-refractivity contribution < 1.29 is 4.79 Å². The van der Waals surface area contributed by atoms with Crippen molar-refractivity contribution in [2.75, 3.05) is 31.1 Å². The van der Waals surface area contributed by atoms with Crippen molar-refractivity contribution in [1.29, 1.82) is 0 Å². The molecule has 0 bridgehead atoms. The van der Waals surface area contributed by atoms with Crippen LogP contribution in [0, 0.1) is 13.8 Å². The zero-order chi connectivity index (χ0) is 18.3. The molecule has 3 aromatic rings. The van der Waals surface area contributed by atoms with E-state index in [1.807, 2.05) is 29.2 Å². The molecule has 26 heavy (non-hydrogen) atoms. The molecule has 1 saturated heterocycles. The highest BCUT2D eigenvalue weighted by Crippen LogP contribution is 2.34. The summed E-state index contributed by atoms with van der Waals surface area (Å²) in [7, 11) is 0. The second-order valence-electron chi connectivity index (χ2n) is 6.45. The molecule has 0 radical (unpaired) electrons. The number of hydrogen-bond donors (Lipinski definition) is 0. The predicted molar refractivity (Wildman–Crippen MR) is 109 cm³/mol. The molecule has 0 aliphatic carbocycles. The summed E-state index contributed by atoms with van der Waals surface area (Å²) in [6.45, 7) is 7.21. The molecule has 1 aromatic carbocycles. The normalized spacial score (nSPS) is 14.9. The van der Waals surface area contributed by atoms with Gasteiger partial charge in [0.05, 0.1) is 5.39 Å². The number of thiophene rings is 1. The van der Waals surface area contributed by atoms with Crippen molar-refractivity contribution in [2.24, 2.45) is 0 Å². The highest BCUT2D eigenvalue weighted by atomic mass is 79.9. The van der Waals surface area contributed by atoms with E-state index in [9.17, 15) is 4.79 Å². The van der Waals surface area contributed by atoms with Gasteiger partial charge in [-0.3, -0.25) is 4.79 Å². The van der Waals surface area contributed by atoms with Gasteiger partial charge in [0, 0.05) is 41.1 Å². The van der Waals surface area contributed by atoms with Crippen LogP contribution in [0.2, 0.25) is 0 Å². The minimum absolute atomic E-state index is 0.0903. The molecule has 0 unspecified atom stereocenters. The molecule has 1 aliphatic rings. The number of halogens is 1. The number of rotatable bonds is 2. The second-order valence-corrected chi connectivity index (χ2v) is 8.57. The maximum Gasteiger partial charge on any atom is 0.253 e. The Morgan fingerprint density at radius 2 is 1.77 bits per heavy atom. The van der Waals surface area contributed by atoms with Gasteiger partial charge < -0.3 is 9.80 Å². The number of aromatic nitrogens is 2. The first-order valence-corrected chi connectivity index (χ1v) is 10.2. The monoisotopic (exact) mass is 430 g/mol. The van der Waals surface area contributed by atoms with Gasteiger partial charge in [-0.15, -0.1) is 11.3 Å². The topological polar surface area (TPSA) is 49.3 Å². The number of carbonyl (C=O) groups is 1. The van der Waals surface area contributed by atoms with E-state index in [1.165, 1.54) is 10.4 Å². The van der Waals surface area contributed by atoms with E-state index < -0.39 is 0 Å². The fraction of sp³-hybridized carbons (Fsp3) is 0.316. The maximum atomic E-state index is 12.7. The summed E-state index contributed by atoms with van der Waals surface area (Å²) >= 11 is 5.12. The number of nitrogens with zero attached hydrogens (tertiary/aromatic N) is 4. The van der Waals surface area contributed by atoms with Gasteiger partial charge >= 0.3 is 0 Å². The highest BCUT2D eigenvalue weighted by Gasteiger charge is 2.25. The number of carbonyl (C=O) groups excluding carboxylic acids is 1. The summed E-state index contributed by atoms with van der Waals surface area (Å²) in [6.07, 6.45) is 1.65. The minimum atomic E-state index is 0.0903. The summed E-state index contributed by atoms with van der Waals surface area (Å²) < 4.78 is 0.980. The number of benzene rings is 1. The van der Waals surface area contributed by atoms with Crippen LogP contribution in [0.4, 0.5) is 5.82 Å². The van der Waals surface area contributed by atoms with Crippen LogP contribution in [-0.4, -0.2) is 47.0 Å². The Morgan fingerprint density at radius 3 is 2.46 bits per heavy atom. The van der Waals surface area contributed by atoms with Gasteiger partial charge in [-0.05, 0) is 43.7 Å². The number of aryl methyl sites for hydroxylation is 2. The van der Waals surface area contributed by atoms with Crippen LogP contribution < -0.4 is 4.90 Å². The first-order valence-electron chi connectivity index (χ1n) is 8.55. The number of amides is 1. The van der Waals surface area contributed by atoms with Gasteiger partial charge in [0.2, 0.25) is 0 Å². The fourth-order valence-corrected chi connectivity index (χ4v) is 4.56. The number of hydrogen-bond acceptors (Lipinski definition) is 5. The molecule has 134 valence electrons. The van der Waals surface area contributed by atoms with Gasteiger partial charge in [-0.2, -0.15) is 0 Å². The number of fused-ring (bicyclic) bond motifs is 1. The smallest absolute Gasteiger partial charge is 0.253 e. The number of anilines is 1. The number of piperazine rings is 1. The first kappa shape index (κ1) is 17.4. The lowest BCUT2D eigenvalue weighted by molar-refractivity contribution is 0.0746. The largest absolute Gasteiger partial charge is 0.352 e. The molecule has 0 atom stereocenters. The summed E-state index contributed by atoms with van der Waals surface area (Å²) in [5.41, 5.74) is 1.99. The third kappa shape index (κ3) is 3.10. The third-order valence-electron chi connectivity index (χ3n) is 4.90. The molecular formula is C19H19BrN4OS. The van der Waals surface area contributed by atoms with E-state index >= 15 is 0 Å². The maximum absolute atomic E-state index is 12.7. The SMILES string of the molecule is Cc1sc2ncnc(N3CCN(C(=O)c4ccc(Br)cc4)CC3)c2c1C. The molecule has 2 aromatic heterocycles. The lowest BCUT2D eigenvalue weighted by Gasteiger charge is -2.35. The molecule has 3 heterocycles. The average Bonchev–Trinajstić information content (AvgIpc) is 2.96. The standard InChI is InChI=1S/C19H19BrN4OS/c1-12-13(2)26-18-16(12)17(21-11-22-18)23-7-9-24(10-8-23)19(25)14-3-5-15(20)6-4-14/h3-6,11H,7-10H2,1-2H3. The molecule has 0 spiro atoms. The van der Waals surface area contributed by atoms with Crippen molar-refractivity contribution in [1.82, 2.24) is 14.9 Å². The molecule has 1 fully saturated rings. The Labute approximate surface area is 164 Å². The van der Waals surface area contributed by atoms with Crippen LogP contribution in [0.1, 0.15) is 20.8 Å². The Morgan fingerprint density at radius 1 is 1.08 bits per heavy atom. The molecule has 5 nitrogen and oxygen atoms in total. The zero-order valence-corrected chi connectivity index (χ0v) is 17.1. The van der Waals surface area contributed by atoms with E-state index in [1.54, 1.807) is 17.7 Å². The molecule has 0 saturated carbocycles. The van der Waals surface area contributed by atoms with E-state index in [0.29, 0.717) is 13.1 Å². The van der Waals surface area contributed by atoms with Gasteiger partial charge in [-0.1, -0.05) is 15.9 Å². The van der Waals surface area contributed by atoms with Gasteiger partial charge in [0.1, 0.15) is 17.0 Å². The lowest BCUT2D eigenvalue weighted by atomic mass is 10.1. The van der Waals surface area contributed by atoms with E-state index in [0.717, 1.165) is 39.2 Å². The Hall–Kier alpha value is -1.99. The molecule has 7 heteroatoms. The van der Waals surface area contributed by atoms with Gasteiger partial charge in [0.25, 0.3) is 5.91 Å². The van der Waals surface area contributed by atoms with Crippen LogP contribution in [0.3, 0.4) is 0 Å². The Kier molecular flexibility index (Phi) is 4.67. The van der Waals surface area contributed by atoms with Crippen molar-refractivity contribution in [2.45, 2.75) is 13.8 Å². The molecular weight excluding hydrogens is 412 g/mol. The van der Waals surface area contributed by atoms with E-state index in [4.69, 9.17) is 0 Å². The summed E-state index contributed by atoms with van der Waals surface area (Å²) in [4.78, 5) is 28.2. The van der Waals surface area contributed by atoms with E-state index in [-0.39, 0.29) is 5.91 Å². The Balaban J connectivity index is 1.52.